The highest BCUT2D eigenvalue weighted by Gasteiger charge is 2.33. The van der Waals surface area contributed by atoms with E-state index in [2.05, 4.69) is 46.9 Å². The molecule has 6 rings (SSSR count). The lowest BCUT2D eigenvalue weighted by Crippen LogP contribution is -2.56. The molecule has 6 nitrogen and oxygen atoms in total. The smallest absolute Gasteiger partial charge is 0.255 e. The van der Waals surface area contributed by atoms with Crippen LogP contribution in [0.2, 0.25) is 0 Å². The topological polar surface area (TPSA) is 44.1 Å². The number of amides is 1. The Labute approximate surface area is 212 Å². The first-order valence-corrected chi connectivity index (χ1v) is 13.2. The fourth-order valence-corrected chi connectivity index (χ4v) is 5.99. The highest BCUT2D eigenvalue weighted by Crippen LogP contribution is 2.33. The third kappa shape index (κ3) is 4.09. The molecule has 3 aliphatic heterocycles. The van der Waals surface area contributed by atoms with E-state index in [1.165, 1.54) is 25.3 Å². The third-order valence-electron chi connectivity index (χ3n) is 8.24. The van der Waals surface area contributed by atoms with Gasteiger partial charge in [0.15, 0.2) is 11.5 Å². The van der Waals surface area contributed by atoms with Crippen LogP contribution in [0.1, 0.15) is 50.8 Å². The van der Waals surface area contributed by atoms with E-state index in [4.69, 9.17) is 0 Å². The van der Waals surface area contributed by atoms with Gasteiger partial charge in [0.1, 0.15) is 0 Å². The maximum atomic E-state index is 14.8. The second kappa shape index (κ2) is 9.04. The quantitative estimate of drug-likeness (QED) is 0.619. The van der Waals surface area contributed by atoms with E-state index in [0.29, 0.717) is 17.3 Å². The van der Waals surface area contributed by atoms with E-state index in [0.717, 1.165) is 54.8 Å². The summed E-state index contributed by atoms with van der Waals surface area (Å²) in [6, 6.07) is 2.76. The van der Waals surface area contributed by atoms with Crippen LogP contribution < -0.4 is 0 Å². The minimum atomic E-state index is -0.377. The maximum Gasteiger partial charge on any atom is 0.255 e. The number of pyridine rings is 1. The van der Waals surface area contributed by atoms with E-state index in [1.807, 2.05) is 25.5 Å². The Hall–Kier alpha value is -3.19. The minimum Gasteiger partial charge on any atom is -0.367 e. The van der Waals surface area contributed by atoms with Crippen LogP contribution in [0.4, 0.5) is 4.39 Å². The lowest BCUT2D eigenvalue weighted by atomic mass is 9.89. The molecule has 188 valence electrons. The van der Waals surface area contributed by atoms with Crippen LogP contribution in [-0.4, -0.2) is 61.7 Å². The summed E-state index contributed by atoms with van der Waals surface area (Å²) >= 11 is 0. The van der Waals surface area contributed by atoms with Gasteiger partial charge in [0.2, 0.25) is 0 Å². The number of rotatable bonds is 3. The lowest BCUT2D eigenvalue weighted by Gasteiger charge is -2.48. The Morgan fingerprint density at radius 2 is 1.89 bits per heavy atom. The van der Waals surface area contributed by atoms with Gasteiger partial charge in [-0.1, -0.05) is 19.4 Å². The first kappa shape index (κ1) is 23.2. The molecule has 0 N–H and O–H groups in total. The van der Waals surface area contributed by atoms with Crippen molar-refractivity contribution in [1.29, 1.82) is 0 Å². The first-order valence-electron chi connectivity index (χ1n) is 13.2. The van der Waals surface area contributed by atoms with Gasteiger partial charge in [0, 0.05) is 62.1 Å². The molecule has 1 saturated carbocycles. The second-order valence-corrected chi connectivity index (χ2v) is 10.8. The van der Waals surface area contributed by atoms with Crippen molar-refractivity contribution in [3.8, 4) is 0 Å². The summed E-state index contributed by atoms with van der Waals surface area (Å²) in [5.74, 6) is -0.407. The van der Waals surface area contributed by atoms with Crippen molar-refractivity contribution >= 4 is 17.1 Å². The van der Waals surface area contributed by atoms with E-state index < -0.39 is 0 Å². The van der Waals surface area contributed by atoms with Crippen molar-refractivity contribution in [2.45, 2.75) is 58.5 Å². The van der Waals surface area contributed by atoms with Gasteiger partial charge in [-0.05, 0) is 68.4 Å². The Balaban J connectivity index is 1.27. The molecule has 2 fully saturated rings. The number of halogens is 1. The number of aryl methyl sites for hydroxylation is 1. The fraction of sp³-hybridized carbons (Fsp3) is 0.448. The number of carbonyl (C=O) groups is 1. The lowest BCUT2D eigenvalue weighted by molar-refractivity contribution is -0.122. The number of aromatic nitrogens is 2. The second-order valence-electron chi connectivity index (χ2n) is 10.8. The zero-order valence-electron chi connectivity index (χ0n) is 21.3. The van der Waals surface area contributed by atoms with E-state index >= 15 is 0 Å². The summed E-state index contributed by atoms with van der Waals surface area (Å²) in [5, 5.41) is 0. The SMILES string of the molecule is Cc1cn2cc(C3=CC(=O)N4C=C(N5CCN(C6CCC6)C(C)C5)C=CC4=CCC3C)cc(F)c2n1. The summed E-state index contributed by atoms with van der Waals surface area (Å²) in [7, 11) is 0. The summed E-state index contributed by atoms with van der Waals surface area (Å²) in [6.45, 7) is 9.26. The first-order chi connectivity index (χ1) is 17.4. The van der Waals surface area contributed by atoms with E-state index in [1.54, 1.807) is 15.4 Å². The molecule has 0 spiro atoms. The molecule has 4 aliphatic rings. The standard InChI is InChI=1S/C29H34FN5O/c1-19-7-8-24-9-10-25(32-11-12-34(21(3)16-32)23-5-4-6-23)18-35(24)28(36)14-26(19)22-13-27(30)29-31-20(2)15-33(29)17-22/h8-10,13-15,17-19,21,23H,4-7,11-12,16H2,1-3H3. The van der Waals surface area contributed by atoms with Crippen molar-refractivity contribution < 1.29 is 9.18 Å². The van der Waals surface area contributed by atoms with Gasteiger partial charge in [0.25, 0.3) is 5.91 Å². The third-order valence-corrected chi connectivity index (χ3v) is 8.24. The Kier molecular flexibility index (Phi) is 5.83. The van der Waals surface area contributed by atoms with Gasteiger partial charge < -0.3 is 9.30 Å². The molecule has 5 heterocycles. The molecule has 0 bridgehead atoms. The highest BCUT2D eigenvalue weighted by molar-refractivity contribution is 5.98. The molecule has 2 atom stereocenters. The molecule has 0 aromatic carbocycles. The van der Waals surface area contributed by atoms with Gasteiger partial charge in [-0.3, -0.25) is 14.6 Å². The largest absolute Gasteiger partial charge is 0.367 e. The molecule has 1 aliphatic carbocycles. The van der Waals surface area contributed by atoms with Crippen LogP contribution in [-0.2, 0) is 4.79 Å². The number of allylic oxidation sites excluding steroid dienone is 4. The predicted octanol–water partition coefficient (Wildman–Crippen LogP) is 4.89. The number of carbonyl (C=O) groups excluding carboxylic acids is 1. The molecule has 2 aromatic heterocycles. The fourth-order valence-electron chi connectivity index (χ4n) is 5.99. The molecule has 0 radical (unpaired) electrons. The Bertz CT molecular complexity index is 1330. The monoisotopic (exact) mass is 487 g/mol. The van der Waals surface area contributed by atoms with Crippen LogP contribution in [0.3, 0.4) is 0 Å². The Morgan fingerprint density at radius 3 is 2.64 bits per heavy atom. The number of hydrogen-bond donors (Lipinski definition) is 0. The molecule has 1 saturated heterocycles. The van der Waals surface area contributed by atoms with Crippen LogP contribution in [0.5, 0.6) is 0 Å². The molecule has 2 unspecified atom stereocenters. The zero-order chi connectivity index (χ0) is 25.0. The van der Waals surface area contributed by atoms with Crippen molar-refractivity contribution in [1.82, 2.24) is 24.1 Å². The van der Waals surface area contributed by atoms with Gasteiger partial charge in [0.05, 0.1) is 11.4 Å². The van der Waals surface area contributed by atoms with Gasteiger partial charge in [-0.2, -0.15) is 0 Å². The number of nitrogens with zero attached hydrogens (tertiary/aromatic N) is 5. The zero-order valence-corrected chi connectivity index (χ0v) is 21.3. The molecule has 36 heavy (non-hydrogen) atoms. The molecular formula is C29H34FN5O. The summed E-state index contributed by atoms with van der Waals surface area (Å²) in [4.78, 5) is 24.6. The number of piperazine rings is 1. The van der Waals surface area contributed by atoms with E-state index in [-0.39, 0.29) is 17.6 Å². The maximum absolute atomic E-state index is 14.8. The average molecular weight is 488 g/mol. The normalized spacial score (nSPS) is 25.7. The van der Waals surface area contributed by atoms with Crippen molar-refractivity contribution in [2.24, 2.45) is 5.92 Å². The molecule has 1 amide bonds. The summed E-state index contributed by atoms with van der Waals surface area (Å²) in [5.41, 5.74) is 4.60. The summed E-state index contributed by atoms with van der Waals surface area (Å²) in [6.07, 6.45) is 18.4. The summed E-state index contributed by atoms with van der Waals surface area (Å²) < 4.78 is 16.5. The van der Waals surface area contributed by atoms with Gasteiger partial charge >= 0.3 is 0 Å². The molecule has 7 heteroatoms. The number of imidazole rings is 1. The molecular weight excluding hydrogens is 453 g/mol. The van der Waals surface area contributed by atoms with Crippen molar-refractivity contribution in [2.75, 3.05) is 19.6 Å². The van der Waals surface area contributed by atoms with Crippen LogP contribution in [0, 0.1) is 18.7 Å². The van der Waals surface area contributed by atoms with Gasteiger partial charge in [-0.25, -0.2) is 9.37 Å². The van der Waals surface area contributed by atoms with Crippen molar-refractivity contribution in [3.05, 3.63) is 77.4 Å². The van der Waals surface area contributed by atoms with E-state index in [9.17, 15) is 9.18 Å². The average Bonchev–Trinajstić information content (AvgIpc) is 3.21. The number of hydrogen-bond acceptors (Lipinski definition) is 4. The molecule has 2 aromatic rings. The van der Waals surface area contributed by atoms with Crippen LogP contribution >= 0.6 is 0 Å². The Morgan fingerprint density at radius 1 is 1.08 bits per heavy atom. The number of fused-ring (bicyclic) bond motifs is 2. The van der Waals surface area contributed by atoms with Gasteiger partial charge in [-0.15, -0.1) is 0 Å². The van der Waals surface area contributed by atoms with Crippen LogP contribution in [0.15, 0.2) is 60.4 Å². The van der Waals surface area contributed by atoms with Crippen molar-refractivity contribution in [3.63, 3.8) is 0 Å². The van der Waals surface area contributed by atoms with Crippen LogP contribution in [0.25, 0.3) is 11.2 Å². The minimum absolute atomic E-state index is 0.0734. The highest BCUT2D eigenvalue weighted by atomic mass is 19.1. The predicted molar refractivity (Wildman–Crippen MR) is 139 cm³/mol.